The molecule has 7 heteroatoms. The molecule has 0 saturated heterocycles. The summed E-state index contributed by atoms with van der Waals surface area (Å²) in [5.74, 6) is 1.11. The van der Waals surface area contributed by atoms with Crippen molar-refractivity contribution in [2.75, 3.05) is 39.2 Å². The van der Waals surface area contributed by atoms with Gasteiger partial charge in [-0.2, -0.15) is 5.26 Å². The van der Waals surface area contributed by atoms with Crippen LogP contribution in [-0.4, -0.2) is 39.8 Å². The third-order valence-corrected chi connectivity index (χ3v) is 4.37. The van der Waals surface area contributed by atoms with E-state index in [0.29, 0.717) is 48.9 Å². The molecule has 0 unspecified atom stereocenters. The van der Waals surface area contributed by atoms with Crippen molar-refractivity contribution >= 4 is 17.3 Å². The van der Waals surface area contributed by atoms with Crippen molar-refractivity contribution in [3.05, 3.63) is 59.7 Å². The SMILES string of the molecule is C/C=C(\NC)c1cc(NC(=O)c2cccc(OC)c2)ccc1OCCNCCC#N. The zero-order chi connectivity index (χ0) is 21.8. The largest absolute Gasteiger partial charge is 0.497 e. The number of nitriles is 1. The lowest BCUT2D eigenvalue weighted by molar-refractivity contribution is 0.102. The number of rotatable bonds is 11. The molecule has 2 rings (SSSR count). The van der Waals surface area contributed by atoms with Crippen molar-refractivity contribution in [2.45, 2.75) is 13.3 Å². The predicted molar refractivity (Wildman–Crippen MR) is 119 cm³/mol. The number of benzene rings is 2. The standard InChI is InChI=1S/C23H28N4O3/c1-4-21(25-2)20-16-18(9-10-22(20)30-14-13-26-12-6-11-24)27-23(28)17-7-5-8-19(15-17)29-3/h4-5,7-10,15-16,25-26H,6,12-14H2,1-3H3,(H,27,28)/b21-4-. The Kier molecular flexibility index (Phi) is 9.22. The molecule has 0 aliphatic rings. The molecule has 2 aromatic carbocycles. The van der Waals surface area contributed by atoms with E-state index in [1.165, 1.54) is 0 Å². The minimum Gasteiger partial charge on any atom is -0.497 e. The highest BCUT2D eigenvalue weighted by molar-refractivity contribution is 6.04. The van der Waals surface area contributed by atoms with Gasteiger partial charge >= 0.3 is 0 Å². The Morgan fingerprint density at radius 2 is 2.03 bits per heavy atom. The van der Waals surface area contributed by atoms with E-state index in [2.05, 4.69) is 22.0 Å². The Morgan fingerprint density at radius 1 is 1.20 bits per heavy atom. The first-order valence-electron chi connectivity index (χ1n) is 9.77. The molecule has 0 aliphatic heterocycles. The second-order valence-electron chi connectivity index (χ2n) is 6.36. The Balaban J connectivity index is 2.14. The highest BCUT2D eigenvalue weighted by Gasteiger charge is 2.12. The van der Waals surface area contributed by atoms with Gasteiger partial charge in [-0.05, 0) is 43.3 Å². The topological polar surface area (TPSA) is 95.4 Å². The highest BCUT2D eigenvalue weighted by Crippen LogP contribution is 2.28. The van der Waals surface area contributed by atoms with E-state index >= 15 is 0 Å². The number of carbonyl (C=O) groups excluding carboxylic acids is 1. The first-order valence-corrected chi connectivity index (χ1v) is 9.77. The molecule has 1 amide bonds. The van der Waals surface area contributed by atoms with Crippen molar-refractivity contribution in [3.63, 3.8) is 0 Å². The smallest absolute Gasteiger partial charge is 0.255 e. The first kappa shape index (κ1) is 22.8. The number of hydrogen-bond donors (Lipinski definition) is 3. The zero-order valence-electron chi connectivity index (χ0n) is 17.6. The Labute approximate surface area is 177 Å². The van der Waals surface area contributed by atoms with Gasteiger partial charge in [-0.3, -0.25) is 4.79 Å². The number of anilines is 1. The van der Waals surface area contributed by atoms with Crippen molar-refractivity contribution in [2.24, 2.45) is 0 Å². The molecule has 2 aromatic rings. The minimum atomic E-state index is -0.221. The molecule has 0 spiro atoms. The van der Waals surface area contributed by atoms with Gasteiger partial charge in [0.25, 0.3) is 5.91 Å². The molecule has 0 atom stereocenters. The van der Waals surface area contributed by atoms with E-state index in [1.807, 2.05) is 38.2 Å². The summed E-state index contributed by atoms with van der Waals surface area (Å²) in [6.07, 6.45) is 2.41. The Bertz CT molecular complexity index is 919. The van der Waals surface area contributed by atoms with Crippen LogP contribution in [0.4, 0.5) is 5.69 Å². The second kappa shape index (κ2) is 12.1. The number of carbonyl (C=O) groups is 1. The molecular formula is C23H28N4O3. The fraction of sp³-hybridized carbons (Fsp3) is 0.304. The molecule has 3 N–H and O–H groups in total. The maximum absolute atomic E-state index is 12.6. The molecule has 158 valence electrons. The van der Waals surface area contributed by atoms with Gasteiger partial charge in [0.05, 0.1) is 13.2 Å². The molecule has 30 heavy (non-hydrogen) atoms. The molecule has 0 radical (unpaired) electrons. The van der Waals surface area contributed by atoms with Gasteiger partial charge in [-0.25, -0.2) is 0 Å². The van der Waals surface area contributed by atoms with Gasteiger partial charge in [0, 0.05) is 49.1 Å². The number of hydrogen-bond acceptors (Lipinski definition) is 6. The summed E-state index contributed by atoms with van der Waals surface area (Å²) in [6, 6.07) is 14.6. The summed E-state index contributed by atoms with van der Waals surface area (Å²) in [5, 5.41) is 17.8. The van der Waals surface area contributed by atoms with E-state index in [4.69, 9.17) is 14.7 Å². The third kappa shape index (κ3) is 6.54. The molecule has 0 bridgehead atoms. The van der Waals surface area contributed by atoms with Crippen LogP contribution in [-0.2, 0) is 0 Å². The maximum atomic E-state index is 12.6. The van der Waals surface area contributed by atoms with E-state index < -0.39 is 0 Å². The van der Waals surface area contributed by atoms with E-state index in [1.54, 1.807) is 31.4 Å². The predicted octanol–water partition coefficient (Wildman–Crippen LogP) is 3.41. The van der Waals surface area contributed by atoms with Gasteiger partial charge in [0.1, 0.15) is 18.1 Å². The van der Waals surface area contributed by atoms with Crippen LogP contribution in [0.3, 0.4) is 0 Å². The number of allylic oxidation sites excluding steroid dienone is 1. The fourth-order valence-electron chi connectivity index (χ4n) is 2.85. The number of nitrogens with one attached hydrogen (secondary N) is 3. The summed E-state index contributed by atoms with van der Waals surface area (Å²) < 4.78 is 11.1. The average molecular weight is 409 g/mol. The van der Waals surface area contributed by atoms with Crippen LogP contribution in [0, 0.1) is 11.3 Å². The maximum Gasteiger partial charge on any atom is 0.255 e. The average Bonchev–Trinajstić information content (AvgIpc) is 2.78. The molecule has 0 aromatic heterocycles. The van der Waals surface area contributed by atoms with E-state index in [9.17, 15) is 4.79 Å². The Hall–Kier alpha value is -3.50. The zero-order valence-corrected chi connectivity index (χ0v) is 17.6. The lowest BCUT2D eigenvalue weighted by atomic mass is 10.1. The van der Waals surface area contributed by atoms with Crippen molar-refractivity contribution in [3.8, 4) is 17.6 Å². The van der Waals surface area contributed by atoms with Crippen LogP contribution in [0.15, 0.2) is 48.5 Å². The molecule has 0 fully saturated rings. The van der Waals surface area contributed by atoms with Crippen LogP contribution in [0.25, 0.3) is 5.70 Å². The monoisotopic (exact) mass is 408 g/mol. The highest BCUT2D eigenvalue weighted by atomic mass is 16.5. The lowest BCUT2D eigenvalue weighted by Gasteiger charge is -2.16. The Morgan fingerprint density at radius 3 is 2.73 bits per heavy atom. The third-order valence-electron chi connectivity index (χ3n) is 4.37. The first-order chi connectivity index (χ1) is 14.6. The summed E-state index contributed by atoms with van der Waals surface area (Å²) in [7, 11) is 3.40. The quantitative estimate of drug-likeness (QED) is 0.493. The lowest BCUT2D eigenvalue weighted by Crippen LogP contribution is -2.22. The van der Waals surface area contributed by atoms with Crippen molar-refractivity contribution < 1.29 is 14.3 Å². The van der Waals surface area contributed by atoms with Crippen LogP contribution in [0.1, 0.15) is 29.3 Å². The van der Waals surface area contributed by atoms with Crippen molar-refractivity contribution in [1.82, 2.24) is 10.6 Å². The molecule has 0 aliphatic carbocycles. The van der Waals surface area contributed by atoms with Crippen molar-refractivity contribution in [1.29, 1.82) is 5.26 Å². The summed E-state index contributed by atoms with van der Waals surface area (Å²) in [5.41, 5.74) is 2.91. The number of ether oxygens (including phenoxy) is 2. The second-order valence-corrected chi connectivity index (χ2v) is 6.36. The van der Waals surface area contributed by atoms with Crippen LogP contribution < -0.4 is 25.4 Å². The van der Waals surface area contributed by atoms with Gasteiger partial charge in [-0.15, -0.1) is 0 Å². The fourth-order valence-corrected chi connectivity index (χ4v) is 2.85. The normalized spacial score (nSPS) is 10.8. The number of methoxy groups -OCH3 is 1. The van der Waals surface area contributed by atoms with E-state index in [-0.39, 0.29) is 5.91 Å². The summed E-state index contributed by atoms with van der Waals surface area (Å²) in [4.78, 5) is 12.6. The number of nitrogens with zero attached hydrogens (tertiary/aromatic N) is 1. The van der Waals surface area contributed by atoms with Crippen LogP contribution >= 0.6 is 0 Å². The molecule has 7 nitrogen and oxygen atoms in total. The van der Waals surface area contributed by atoms with Gasteiger partial charge < -0.3 is 25.4 Å². The van der Waals surface area contributed by atoms with Gasteiger partial charge in [-0.1, -0.05) is 12.1 Å². The number of amides is 1. The summed E-state index contributed by atoms with van der Waals surface area (Å²) in [6.45, 7) is 3.67. The van der Waals surface area contributed by atoms with Gasteiger partial charge in [0.15, 0.2) is 0 Å². The van der Waals surface area contributed by atoms with Crippen LogP contribution in [0.2, 0.25) is 0 Å². The molecule has 0 heterocycles. The molecular weight excluding hydrogens is 380 g/mol. The van der Waals surface area contributed by atoms with Crippen LogP contribution in [0.5, 0.6) is 11.5 Å². The van der Waals surface area contributed by atoms with E-state index in [0.717, 1.165) is 11.3 Å². The van der Waals surface area contributed by atoms with Gasteiger partial charge in [0.2, 0.25) is 0 Å². The summed E-state index contributed by atoms with van der Waals surface area (Å²) >= 11 is 0. The minimum absolute atomic E-state index is 0.221. The molecule has 0 saturated carbocycles.